The van der Waals surface area contributed by atoms with Crippen LogP contribution in [0, 0.1) is 12.3 Å². The number of anilines is 1. The van der Waals surface area contributed by atoms with Crippen molar-refractivity contribution in [3.05, 3.63) is 71.5 Å². The molecule has 0 saturated heterocycles. The summed E-state index contributed by atoms with van der Waals surface area (Å²) in [4.78, 5) is 4.14. The predicted octanol–water partition coefficient (Wildman–Crippen LogP) is 3.54. The maximum atomic E-state index is 8.38. The number of hydrogen-bond donors (Lipinski definition) is 2. The van der Waals surface area contributed by atoms with Gasteiger partial charge in [-0.2, -0.15) is 0 Å². The molecule has 0 atom stereocenters. The summed E-state index contributed by atoms with van der Waals surface area (Å²) in [5, 5.41) is 10.7. The molecule has 0 aliphatic rings. The minimum atomic E-state index is 0.429. The van der Waals surface area contributed by atoms with Gasteiger partial charge in [-0.1, -0.05) is 36.4 Å². The van der Waals surface area contributed by atoms with Gasteiger partial charge in [0.05, 0.1) is 17.6 Å². The van der Waals surface area contributed by atoms with Crippen LogP contribution in [0.4, 0.5) is 5.69 Å². The number of hydrogen-bond acceptors (Lipinski definition) is 3. The molecule has 0 saturated carbocycles. The Balaban J connectivity index is 2.10. The first-order valence-electron chi connectivity index (χ1n) is 6.45. The van der Waals surface area contributed by atoms with Crippen LogP contribution in [0.1, 0.15) is 16.8 Å². The molecule has 1 heterocycles. The highest BCUT2D eigenvalue weighted by atomic mass is 14.7. The van der Waals surface area contributed by atoms with Crippen LogP contribution < -0.4 is 5.73 Å². The summed E-state index contributed by atoms with van der Waals surface area (Å²) in [6.45, 7) is 1.90. The second-order valence-corrected chi connectivity index (χ2v) is 4.85. The molecular formula is C17H15N3. The van der Waals surface area contributed by atoms with Gasteiger partial charge in [0.25, 0.3) is 0 Å². The van der Waals surface area contributed by atoms with Gasteiger partial charge in [0.2, 0.25) is 0 Å². The molecule has 3 aromatic rings. The summed E-state index contributed by atoms with van der Waals surface area (Å²) in [5.74, 6) is 0. The Morgan fingerprint density at radius 2 is 1.80 bits per heavy atom. The Labute approximate surface area is 117 Å². The van der Waals surface area contributed by atoms with Gasteiger partial charge in [0, 0.05) is 16.8 Å². The summed E-state index contributed by atoms with van der Waals surface area (Å²) in [7, 11) is 0. The number of nitrogens with two attached hydrogens (primary N) is 1. The van der Waals surface area contributed by atoms with E-state index in [4.69, 9.17) is 11.1 Å². The molecule has 1 aromatic heterocycles. The maximum absolute atomic E-state index is 8.38. The zero-order chi connectivity index (χ0) is 14.1. The standard InChI is InChI=1S/C17H15N3/c1-11-8-15(16(18)10-20-11)17(19)14-7-6-12-4-2-3-5-13(12)9-14/h2-10,19H,18H2,1H3. The average molecular weight is 261 g/mol. The Kier molecular flexibility index (Phi) is 2.95. The van der Waals surface area contributed by atoms with Crippen LogP contribution in [-0.2, 0) is 0 Å². The lowest BCUT2D eigenvalue weighted by atomic mass is 9.98. The smallest absolute Gasteiger partial charge is 0.0706 e. The molecule has 20 heavy (non-hydrogen) atoms. The minimum absolute atomic E-state index is 0.429. The van der Waals surface area contributed by atoms with Crippen molar-refractivity contribution in [3.8, 4) is 0 Å². The SMILES string of the molecule is Cc1cc(C(=N)c2ccc3ccccc3c2)c(N)cn1. The average Bonchev–Trinajstić information content (AvgIpc) is 2.48. The van der Waals surface area contributed by atoms with E-state index in [1.807, 2.05) is 49.4 Å². The van der Waals surface area contributed by atoms with Gasteiger partial charge < -0.3 is 5.73 Å². The second-order valence-electron chi connectivity index (χ2n) is 4.85. The zero-order valence-electron chi connectivity index (χ0n) is 11.2. The molecule has 0 bridgehead atoms. The van der Waals surface area contributed by atoms with E-state index in [9.17, 15) is 0 Å². The highest BCUT2D eigenvalue weighted by molar-refractivity contribution is 6.15. The van der Waals surface area contributed by atoms with Gasteiger partial charge in [-0.05, 0) is 29.8 Å². The molecule has 3 rings (SSSR count). The van der Waals surface area contributed by atoms with E-state index in [1.54, 1.807) is 6.20 Å². The number of aromatic nitrogens is 1. The van der Waals surface area contributed by atoms with Crippen LogP contribution in [0.15, 0.2) is 54.7 Å². The summed E-state index contributed by atoms with van der Waals surface area (Å²) in [6.07, 6.45) is 1.61. The Bertz CT molecular complexity index is 806. The summed E-state index contributed by atoms with van der Waals surface area (Å²) in [5.41, 5.74) is 9.35. The van der Waals surface area contributed by atoms with Crippen molar-refractivity contribution in [2.75, 3.05) is 5.73 Å². The first-order valence-corrected chi connectivity index (χ1v) is 6.45. The molecule has 3 heteroatoms. The van der Waals surface area contributed by atoms with Crippen LogP contribution in [0.2, 0.25) is 0 Å². The van der Waals surface area contributed by atoms with Gasteiger partial charge in [0.1, 0.15) is 0 Å². The van der Waals surface area contributed by atoms with E-state index in [0.717, 1.165) is 22.2 Å². The van der Waals surface area contributed by atoms with E-state index >= 15 is 0 Å². The number of nitrogens with zero attached hydrogens (tertiary/aromatic N) is 1. The third kappa shape index (κ3) is 2.14. The van der Waals surface area contributed by atoms with Crippen LogP contribution in [0.25, 0.3) is 10.8 Å². The van der Waals surface area contributed by atoms with Crippen LogP contribution in [0.3, 0.4) is 0 Å². The molecule has 2 aromatic carbocycles. The van der Waals surface area contributed by atoms with E-state index in [0.29, 0.717) is 11.4 Å². The Hall–Kier alpha value is -2.68. The second kappa shape index (κ2) is 4.78. The van der Waals surface area contributed by atoms with E-state index in [2.05, 4.69) is 11.1 Å². The highest BCUT2D eigenvalue weighted by Crippen LogP contribution is 2.20. The number of rotatable bonds is 2. The van der Waals surface area contributed by atoms with Crippen molar-refractivity contribution >= 4 is 22.2 Å². The first-order chi connectivity index (χ1) is 9.65. The predicted molar refractivity (Wildman–Crippen MR) is 83.3 cm³/mol. The third-order valence-corrected chi connectivity index (χ3v) is 3.38. The van der Waals surface area contributed by atoms with Crippen molar-refractivity contribution in [2.45, 2.75) is 6.92 Å². The van der Waals surface area contributed by atoms with Gasteiger partial charge >= 0.3 is 0 Å². The summed E-state index contributed by atoms with van der Waals surface area (Å²) < 4.78 is 0. The monoisotopic (exact) mass is 261 g/mol. The molecule has 3 nitrogen and oxygen atoms in total. The quantitative estimate of drug-likeness (QED) is 0.693. The van der Waals surface area contributed by atoms with Gasteiger partial charge in [-0.3, -0.25) is 10.4 Å². The molecular weight excluding hydrogens is 246 g/mol. The Morgan fingerprint density at radius 3 is 2.60 bits per heavy atom. The fraction of sp³-hybridized carbons (Fsp3) is 0.0588. The molecule has 0 fully saturated rings. The van der Waals surface area contributed by atoms with Crippen LogP contribution >= 0.6 is 0 Å². The van der Waals surface area contributed by atoms with Crippen LogP contribution in [-0.4, -0.2) is 10.7 Å². The summed E-state index contributed by atoms with van der Waals surface area (Å²) in [6, 6.07) is 16.0. The zero-order valence-corrected chi connectivity index (χ0v) is 11.2. The molecule has 0 unspecified atom stereocenters. The number of pyridine rings is 1. The molecule has 0 radical (unpaired) electrons. The molecule has 0 spiro atoms. The molecule has 0 amide bonds. The lowest BCUT2D eigenvalue weighted by molar-refractivity contribution is 1.20. The van der Waals surface area contributed by atoms with Crippen molar-refractivity contribution in [3.63, 3.8) is 0 Å². The van der Waals surface area contributed by atoms with E-state index in [1.165, 1.54) is 5.39 Å². The van der Waals surface area contributed by atoms with Crippen molar-refractivity contribution < 1.29 is 0 Å². The third-order valence-electron chi connectivity index (χ3n) is 3.38. The van der Waals surface area contributed by atoms with Gasteiger partial charge in [-0.15, -0.1) is 0 Å². The number of aryl methyl sites for hydroxylation is 1. The lowest BCUT2D eigenvalue weighted by Crippen LogP contribution is -2.06. The largest absolute Gasteiger partial charge is 0.397 e. The number of nitrogen functional groups attached to an aromatic ring is 1. The van der Waals surface area contributed by atoms with Gasteiger partial charge in [-0.25, -0.2) is 0 Å². The maximum Gasteiger partial charge on any atom is 0.0706 e. The molecule has 98 valence electrons. The van der Waals surface area contributed by atoms with Crippen molar-refractivity contribution in [1.29, 1.82) is 5.41 Å². The molecule has 3 N–H and O–H groups in total. The minimum Gasteiger partial charge on any atom is -0.397 e. The van der Waals surface area contributed by atoms with E-state index < -0.39 is 0 Å². The van der Waals surface area contributed by atoms with E-state index in [-0.39, 0.29) is 0 Å². The topological polar surface area (TPSA) is 62.8 Å². The number of nitrogens with one attached hydrogen (secondary N) is 1. The summed E-state index contributed by atoms with van der Waals surface area (Å²) >= 11 is 0. The fourth-order valence-electron chi connectivity index (χ4n) is 2.29. The lowest BCUT2D eigenvalue weighted by Gasteiger charge is -2.09. The Morgan fingerprint density at radius 1 is 1.05 bits per heavy atom. The van der Waals surface area contributed by atoms with Crippen LogP contribution in [0.5, 0.6) is 0 Å². The number of fused-ring (bicyclic) bond motifs is 1. The highest BCUT2D eigenvalue weighted by Gasteiger charge is 2.09. The van der Waals surface area contributed by atoms with Gasteiger partial charge in [0.15, 0.2) is 0 Å². The normalized spacial score (nSPS) is 10.7. The van der Waals surface area contributed by atoms with Crippen molar-refractivity contribution in [1.82, 2.24) is 4.98 Å². The van der Waals surface area contributed by atoms with Crippen molar-refractivity contribution in [2.24, 2.45) is 0 Å². The fourth-order valence-corrected chi connectivity index (χ4v) is 2.29. The molecule has 0 aliphatic heterocycles. The molecule has 0 aliphatic carbocycles. The first kappa shape index (κ1) is 12.4. The number of benzene rings is 2.